The second-order valence-corrected chi connectivity index (χ2v) is 5.67. The summed E-state index contributed by atoms with van der Waals surface area (Å²) in [5, 5.41) is -0.0629. The fourth-order valence-corrected chi connectivity index (χ4v) is 2.74. The Kier molecular flexibility index (Phi) is 3.14. The van der Waals surface area contributed by atoms with Crippen LogP contribution in [0.15, 0.2) is 0 Å². The number of thioether (sulfide) groups is 1. The number of carbonyl (C=O) groups is 1. The van der Waals surface area contributed by atoms with Crippen LogP contribution in [-0.2, 0) is 14.8 Å². The highest BCUT2D eigenvalue weighted by molar-refractivity contribution is 8.14. The van der Waals surface area contributed by atoms with Crippen molar-refractivity contribution in [2.24, 2.45) is 0 Å². The minimum absolute atomic E-state index is 0.0292. The first kappa shape index (κ1) is 10.0. The standard InChI is InChI=1S/C6H11NO3S2/c1-2-12(9,10)7-5-3-4-11-6(5)8/h5,7H,2-4H2,1H3. The molecule has 0 spiro atoms. The summed E-state index contributed by atoms with van der Waals surface area (Å²) in [6, 6.07) is -0.486. The zero-order chi connectivity index (χ0) is 9.19. The molecule has 1 N–H and O–H groups in total. The topological polar surface area (TPSA) is 63.2 Å². The summed E-state index contributed by atoms with van der Waals surface area (Å²) in [6.07, 6.45) is 0.614. The van der Waals surface area contributed by atoms with Gasteiger partial charge in [0.1, 0.15) is 0 Å². The monoisotopic (exact) mass is 209 g/mol. The van der Waals surface area contributed by atoms with Crippen LogP contribution in [0.2, 0.25) is 0 Å². The molecule has 1 aliphatic heterocycles. The van der Waals surface area contributed by atoms with E-state index in [0.29, 0.717) is 6.42 Å². The summed E-state index contributed by atoms with van der Waals surface area (Å²) in [5.41, 5.74) is 0. The van der Waals surface area contributed by atoms with E-state index in [4.69, 9.17) is 0 Å². The van der Waals surface area contributed by atoms with Crippen LogP contribution >= 0.6 is 11.8 Å². The molecule has 1 heterocycles. The minimum Gasteiger partial charge on any atom is -0.285 e. The molecule has 0 amide bonds. The van der Waals surface area contributed by atoms with Gasteiger partial charge >= 0.3 is 0 Å². The molecule has 1 aliphatic rings. The van der Waals surface area contributed by atoms with Gasteiger partial charge in [0.2, 0.25) is 15.1 Å². The van der Waals surface area contributed by atoms with Crippen LogP contribution < -0.4 is 4.72 Å². The van der Waals surface area contributed by atoms with Gasteiger partial charge < -0.3 is 0 Å². The van der Waals surface area contributed by atoms with E-state index >= 15 is 0 Å². The molecule has 0 radical (unpaired) electrons. The van der Waals surface area contributed by atoms with Gasteiger partial charge in [0.15, 0.2) is 0 Å². The fraction of sp³-hybridized carbons (Fsp3) is 0.833. The van der Waals surface area contributed by atoms with E-state index in [-0.39, 0.29) is 10.9 Å². The Morgan fingerprint density at radius 1 is 1.67 bits per heavy atom. The van der Waals surface area contributed by atoms with E-state index in [1.54, 1.807) is 6.92 Å². The van der Waals surface area contributed by atoms with Crippen LogP contribution in [0.3, 0.4) is 0 Å². The van der Waals surface area contributed by atoms with Gasteiger partial charge in [-0.05, 0) is 13.3 Å². The van der Waals surface area contributed by atoms with Crippen molar-refractivity contribution in [2.45, 2.75) is 19.4 Å². The molecule has 1 atom stereocenters. The lowest BCUT2D eigenvalue weighted by Gasteiger charge is -2.08. The van der Waals surface area contributed by atoms with Crippen molar-refractivity contribution in [3.63, 3.8) is 0 Å². The molecule has 0 saturated carbocycles. The van der Waals surface area contributed by atoms with Gasteiger partial charge in [0.25, 0.3) is 0 Å². The van der Waals surface area contributed by atoms with Gasteiger partial charge in [0, 0.05) is 5.75 Å². The molecule has 70 valence electrons. The van der Waals surface area contributed by atoms with E-state index in [1.807, 2.05) is 0 Å². The predicted molar refractivity (Wildman–Crippen MR) is 48.5 cm³/mol. The van der Waals surface area contributed by atoms with E-state index in [1.165, 1.54) is 11.8 Å². The molecular formula is C6H11NO3S2. The third kappa shape index (κ3) is 2.46. The Morgan fingerprint density at radius 3 is 2.75 bits per heavy atom. The third-order valence-corrected chi connectivity index (χ3v) is 4.05. The molecule has 4 nitrogen and oxygen atoms in total. The van der Waals surface area contributed by atoms with Crippen molar-refractivity contribution in [2.75, 3.05) is 11.5 Å². The van der Waals surface area contributed by atoms with Crippen LogP contribution in [0.4, 0.5) is 0 Å². The number of sulfonamides is 1. The highest BCUT2D eigenvalue weighted by Crippen LogP contribution is 2.19. The van der Waals surface area contributed by atoms with Gasteiger partial charge in [0.05, 0.1) is 11.8 Å². The van der Waals surface area contributed by atoms with Gasteiger partial charge in [-0.1, -0.05) is 11.8 Å². The van der Waals surface area contributed by atoms with E-state index in [2.05, 4.69) is 4.72 Å². The quantitative estimate of drug-likeness (QED) is 0.708. The average molecular weight is 209 g/mol. The Balaban J connectivity index is 2.57. The molecule has 0 aromatic carbocycles. The first-order valence-electron chi connectivity index (χ1n) is 3.72. The number of nitrogens with one attached hydrogen (secondary N) is 1. The summed E-state index contributed by atoms with van der Waals surface area (Å²) >= 11 is 1.19. The van der Waals surface area contributed by atoms with E-state index < -0.39 is 16.1 Å². The number of hydrogen-bond acceptors (Lipinski definition) is 4. The third-order valence-electron chi connectivity index (χ3n) is 1.64. The lowest BCUT2D eigenvalue weighted by molar-refractivity contribution is -0.111. The summed E-state index contributed by atoms with van der Waals surface area (Å²) in [5.74, 6) is 0.747. The molecule has 0 aliphatic carbocycles. The van der Waals surface area contributed by atoms with E-state index in [9.17, 15) is 13.2 Å². The maximum atomic E-state index is 11.0. The molecule has 0 aromatic rings. The van der Waals surface area contributed by atoms with E-state index in [0.717, 1.165) is 5.75 Å². The molecule has 1 saturated heterocycles. The lowest BCUT2D eigenvalue weighted by atomic mass is 10.3. The SMILES string of the molecule is CCS(=O)(=O)NC1CCSC1=O. The zero-order valence-electron chi connectivity index (χ0n) is 6.74. The zero-order valence-corrected chi connectivity index (χ0v) is 8.37. The van der Waals surface area contributed by atoms with Crippen molar-refractivity contribution in [3.8, 4) is 0 Å². The first-order chi connectivity index (χ1) is 5.55. The fourth-order valence-electron chi connectivity index (χ4n) is 0.903. The molecule has 1 rings (SSSR count). The van der Waals surface area contributed by atoms with Gasteiger partial charge in [-0.3, -0.25) is 4.79 Å². The smallest absolute Gasteiger partial charge is 0.212 e. The Bertz CT molecular complexity index is 273. The molecule has 12 heavy (non-hydrogen) atoms. The van der Waals surface area contributed by atoms with Gasteiger partial charge in [-0.25, -0.2) is 13.1 Å². The molecular weight excluding hydrogens is 198 g/mol. The highest BCUT2D eigenvalue weighted by Gasteiger charge is 2.28. The Hall–Kier alpha value is -0.0700. The van der Waals surface area contributed by atoms with Gasteiger partial charge in [-0.15, -0.1) is 0 Å². The van der Waals surface area contributed by atoms with Crippen molar-refractivity contribution in [3.05, 3.63) is 0 Å². The van der Waals surface area contributed by atoms with Crippen LogP contribution in [-0.4, -0.2) is 31.1 Å². The maximum Gasteiger partial charge on any atom is 0.212 e. The lowest BCUT2D eigenvalue weighted by Crippen LogP contribution is -2.37. The van der Waals surface area contributed by atoms with Crippen LogP contribution in [0, 0.1) is 0 Å². The summed E-state index contributed by atoms with van der Waals surface area (Å²) in [6.45, 7) is 1.55. The van der Waals surface area contributed by atoms with Crippen LogP contribution in [0.5, 0.6) is 0 Å². The molecule has 1 fully saturated rings. The Labute approximate surface area is 76.2 Å². The molecule has 6 heteroatoms. The number of rotatable bonds is 3. The van der Waals surface area contributed by atoms with Crippen LogP contribution in [0.1, 0.15) is 13.3 Å². The predicted octanol–water partition coefficient (Wildman–Crippen LogP) is -0.0422. The molecule has 0 bridgehead atoms. The average Bonchev–Trinajstić information content (AvgIpc) is 2.36. The van der Waals surface area contributed by atoms with Crippen molar-refractivity contribution in [1.82, 2.24) is 4.72 Å². The first-order valence-corrected chi connectivity index (χ1v) is 6.35. The number of hydrogen-bond donors (Lipinski definition) is 1. The minimum atomic E-state index is -3.22. The summed E-state index contributed by atoms with van der Waals surface area (Å²) in [4.78, 5) is 11.0. The van der Waals surface area contributed by atoms with Crippen molar-refractivity contribution in [1.29, 1.82) is 0 Å². The largest absolute Gasteiger partial charge is 0.285 e. The number of carbonyl (C=O) groups excluding carboxylic acids is 1. The summed E-state index contributed by atoms with van der Waals surface area (Å²) < 4.78 is 24.4. The maximum absolute atomic E-state index is 11.0. The molecule has 1 unspecified atom stereocenters. The normalized spacial score (nSPS) is 24.8. The van der Waals surface area contributed by atoms with Crippen LogP contribution in [0.25, 0.3) is 0 Å². The second kappa shape index (κ2) is 3.76. The highest BCUT2D eigenvalue weighted by atomic mass is 32.2. The molecule has 0 aromatic heterocycles. The van der Waals surface area contributed by atoms with Crippen molar-refractivity contribution < 1.29 is 13.2 Å². The second-order valence-electron chi connectivity index (χ2n) is 2.53. The van der Waals surface area contributed by atoms with Crippen molar-refractivity contribution >= 4 is 26.9 Å². The summed E-state index contributed by atoms with van der Waals surface area (Å²) in [7, 11) is -3.22. The Morgan fingerprint density at radius 2 is 2.33 bits per heavy atom. The van der Waals surface area contributed by atoms with Gasteiger partial charge in [-0.2, -0.15) is 0 Å².